The molecule has 96 valence electrons. The van der Waals surface area contributed by atoms with Gasteiger partial charge in [0.15, 0.2) is 11.5 Å². The van der Waals surface area contributed by atoms with Gasteiger partial charge >= 0.3 is 0 Å². The van der Waals surface area contributed by atoms with Crippen LogP contribution in [0.25, 0.3) is 0 Å². The monoisotopic (exact) mass is 239 g/mol. The zero-order valence-electron chi connectivity index (χ0n) is 10.9. The second-order valence-electron chi connectivity index (χ2n) is 4.71. The maximum atomic E-state index is 9.36. The van der Waals surface area contributed by atoms with Gasteiger partial charge in [0.05, 0.1) is 14.2 Å². The first-order valence-electron chi connectivity index (χ1n) is 5.55. The Bertz CT molecular complexity index is 377. The summed E-state index contributed by atoms with van der Waals surface area (Å²) in [5.41, 5.74) is 6.61. The minimum Gasteiger partial charge on any atom is -0.493 e. The second-order valence-corrected chi connectivity index (χ2v) is 4.71. The molecule has 0 aliphatic heterocycles. The Hall–Kier alpha value is -1.26. The molecule has 1 aromatic rings. The molecule has 1 atom stereocenters. The topological polar surface area (TPSA) is 64.7 Å². The third-order valence-electron chi connectivity index (χ3n) is 3.02. The number of para-hydroxylation sites is 1. The molecule has 0 aliphatic carbocycles. The van der Waals surface area contributed by atoms with Gasteiger partial charge in [0.1, 0.15) is 0 Å². The molecule has 0 radical (unpaired) electrons. The van der Waals surface area contributed by atoms with Crippen molar-refractivity contribution in [2.24, 2.45) is 11.1 Å². The smallest absolute Gasteiger partial charge is 0.165 e. The SMILES string of the molecule is COc1cccc([C@@H](N)C(C)(C)CO)c1OC. The summed E-state index contributed by atoms with van der Waals surface area (Å²) in [4.78, 5) is 0. The fraction of sp³-hybridized carbons (Fsp3) is 0.538. The maximum absolute atomic E-state index is 9.36. The molecule has 4 heteroatoms. The van der Waals surface area contributed by atoms with E-state index in [1.54, 1.807) is 14.2 Å². The van der Waals surface area contributed by atoms with Crippen LogP contribution in [-0.4, -0.2) is 25.9 Å². The van der Waals surface area contributed by atoms with Gasteiger partial charge < -0.3 is 20.3 Å². The van der Waals surface area contributed by atoms with E-state index < -0.39 is 5.41 Å². The van der Waals surface area contributed by atoms with E-state index in [4.69, 9.17) is 15.2 Å². The lowest BCUT2D eigenvalue weighted by atomic mass is 9.81. The number of ether oxygens (including phenoxy) is 2. The van der Waals surface area contributed by atoms with Gasteiger partial charge in [0.2, 0.25) is 0 Å². The lowest BCUT2D eigenvalue weighted by Gasteiger charge is -2.31. The summed E-state index contributed by atoms with van der Waals surface area (Å²) in [5, 5.41) is 9.36. The average molecular weight is 239 g/mol. The summed E-state index contributed by atoms with van der Waals surface area (Å²) in [6, 6.07) is 5.26. The molecule has 0 spiro atoms. The minimum absolute atomic E-state index is 0.00846. The first-order valence-corrected chi connectivity index (χ1v) is 5.55. The van der Waals surface area contributed by atoms with Crippen LogP contribution in [0.15, 0.2) is 18.2 Å². The Labute approximate surface area is 102 Å². The largest absolute Gasteiger partial charge is 0.493 e. The van der Waals surface area contributed by atoms with Crippen LogP contribution in [0.2, 0.25) is 0 Å². The van der Waals surface area contributed by atoms with E-state index in [2.05, 4.69) is 0 Å². The lowest BCUT2D eigenvalue weighted by Crippen LogP contribution is -2.32. The summed E-state index contributed by atoms with van der Waals surface area (Å²) in [6.07, 6.45) is 0. The number of aliphatic hydroxyl groups is 1. The molecule has 0 bridgehead atoms. The predicted molar refractivity (Wildman–Crippen MR) is 67.3 cm³/mol. The van der Waals surface area contributed by atoms with E-state index in [9.17, 15) is 5.11 Å². The van der Waals surface area contributed by atoms with E-state index in [1.807, 2.05) is 32.0 Å². The minimum atomic E-state index is -0.417. The van der Waals surface area contributed by atoms with Gasteiger partial charge in [-0.3, -0.25) is 0 Å². The van der Waals surface area contributed by atoms with Crippen molar-refractivity contribution in [2.75, 3.05) is 20.8 Å². The van der Waals surface area contributed by atoms with Gasteiger partial charge in [-0.1, -0.05) is 26.0 Å². The second kappa shape index (κ2) is 5.38. The van der Waals surface area contributed by atoms with Crippen molar-refractivity contribution in [3.63, 3.8) is 0 Å². The normalized spacial score (nSPS) is 13.3. The van der Waals surface area contributed by atoms with Crippen molar-refractivity contribution >= 4 is 0 Å². The van der Waals surface area contributed by atoms with Crippen molar-refractivity contribution < 1.29 is 14.6 Å². The molecule has 3 N–H and O–H groups in total. The van der Waals surface area contributed by atoms with Crippen LogP contribution in [0.1, 0.15) is 25.5 Å². The zero-order chi connectivity index (χ0) is 13.1. The van der Waals surface area contributed by atoms with Gasteiger partial charge in [-0.2, -0.15) is 0 Å². The highest BCUT2D eigenvalue weighted by Crippen LogP contribution is 2.40. The number of hydrogen-bond acceptors (Lipinski definition) is 4. The molecular weight excluding hydrogens is 218 g/mol. The molecule has 0 saturated heterocycles. The first-order chi connectivity index (χ1) is 7.97. The summed E-state index contributed by atoms with van der Waals surface area (Å²) < 4.78 is 10.6. The standard InChI is InChI=1S/C13H21NO3/c1-13(2,8-15)12(14)9-6-5-7-10(16-3)11(9)17-4/h5-7,12,15H,8,14H2,1-4H3/t12-/m1/s1. The Morgan fingerprint density at radius 2 is 1.94 bits per heavy atom. The number of benzene rings is 1. The maximum Gasteiger partial charge on any atom is 0.165 e. The van der Waals surface area contributed by atoms with Crippen molar-refractivity contribution in [1.29, 1.82) is 0 Å². The number of hydrogen-bond donors (Lipinski definition) is 2. The van der Waals surface area contributed by atoms with E-state index in [1.165, 1.54) is 0 Å². The molecule has 1 rings (SSSR count). The highest BCUT2D eigenvalue weighted by atomic mass is 16.5. The molecule has 0 heterocycles. The fourth-order valence-corrected chi connectivity index (χ4v) is 1.68. The van der Waals surface area contributed by atoms with E-state index >= 15 is 0 Å². The third kappa shape index (κ3) is 2.70. The summed E-state index contributed by atoms with van der Waals surface area (Å²) in [5.74, 6) is 1.28. The summed E-state index contributed by atoms with van der Waals surface area (Å²) in [7, 11) is 3.17. The fourth-order valence-electron chi connectivity index (χ4n) is 1.68. The molecule has 4 nitrogen and oxygen atoms in total. The Morgan fingerprint density at radius 1 is 1.29 bits per heavy atom. The van der Waals surface area contributed by atoms with Gasteiger partial charge in [-0.15, -0.1) is 0 Å². The van der Waals surface area contributed by atoms with E-state index in [0.29, 0.717) is 11.5 Å². The number of nitrogens with two attached hydrogens (primary N) is 1. The van der Waals surface area contributed by atoms with Crippen LogP contribution in [0.3, 0.4) is 0 Å². The van der Waals surface area contributed by atoms with E-state index in [-0.39, 0.29) is 12.6 Å². The van der Waals surface area contributed by atoms with Crippen molar-refractivity contribution in [3.8, 4) is 11.5 Å². The zero-order valence-corrected chi connectivity index (χ0v) is 10.9. The quantitative estimate of drug-likeness (QED) is 0.821. The molecule has 1 aromatic carbocycles. The highest BCUT2D eigenvalue weighted by molar-refractivity contribution is 5.48. The Morgan fingerprint density at radius 3 is 2.41 bits per heavy atom. The first kappa shape index (κ1) is 13.8. The van der Waals surface area contributed by atoms with Crippen LogP contribution < -0.4 is 15.2 Å². The lowest BCUT2D eigenvalue weighted by molar-refractivity contribution is 0.131. The molecule has 17 heavy (non-hydrogen) atoms. The third-order valence-corrected chi connectivity index (χ3v) is 3.02. The average Bonchev–Trinajstić information content (AvgIpc) is 2.36. The van der Waals surface area contributed by atoms with Gasteiger partial charge in [0, 0.05) is 23.6 Å². The van der Waals surface area contributed by atoms with Crippen molar-refractivity contribution in [3.05, 3.63) is 23.8 Å². The van der Waals surface area contributed by atoms with Crippen LogP contribution in [-0.2, 0) is 0 Å². The molecule has 0 amide bonds. The van der Waals surface area contributed by atoms with Crippen molar-refractivity contribution in [2.45, 2.75) is 19.9 Å². The number of rotatable bonds is 5. The van der Waals surface area contributed by atoms with Gasteiger partial charge in [0.25, 0.3) is 0 Å². The van der Waals surface area contributed by atoms with Crippen LogP contribution in [0.4, 0.5) is 0 Å². The predicted octanol–water partition coefficient (Wildman–Crippen LogP) is 1.72. The molecule has 0 saturated carbocycles. The summed E-state index contributed by atoms with van der Waals surface area (Å²) in [6.45, 7) is 3.84. The van der Waals surface area contributed by atoms with Crippen LogP contribution in [0, 0.1) is 5.41 Å². The molecule has 0 aromatic heterocycles. The number of methoxy groups -OCH3 is 2. The van der Waals surface area contributed by atoms with Gasteiger partial charge in [-0.25, -0.2) is 0 Å². The van der Waals surface area contributed by atoms with E-state index in [0.717, 1.165) is 5.56 Å². The van der Waals surface area contributed by atoms with Crippen LogP contribution in [0.5, 0.6) is 11.5 Å². The molecule has 0 aliphatic rings. The molecular formula is C13H21NO3. The molecule has 0 unspecified atom stereocenters. The van der Waals surface area contributed by atoms with Crippen molar-refractivity contribution in [1.82, 2.24) is 0 Å². The Balaban J connectivity index is 3.22. The number of aliphatic hydroxyl groups excluding tert-OH is 1. The highest BCUT2D eigenvalue weighted by Gasteiger charge is 2.30. The van der Waals surface area contributed by atoms with Crippen LogP contribution >= 0.6 is 0 Å². The summed E-state index contributed by atoms with van der Waals surface area (Å²) >= 11 is 0. The Kier molecular flexibility index (Phi) is 4.37. The van der Waals surface area contributed by atoms with Gasteiger partial charge in [-0.05, 0) is 6.07 Å². The molecule has 0 fully saturated rings.